The van der Waals surface area contributed by atoms with Crippen LogP contribution in [-0.4, -0.2) is 26.3 Å². The van der Waals surface area contributed by atoms with Crippen molar-refractivity contribution < 1.29 is 4.74 Å². The van der Waals surface area contributed by atoms with Crippen LogP contribution in [0.15, 0.2) is 30.3 Å². The zero-order valence-corrected chi connectivity index (χ0v) is 11.9. The summed E-state index contributed by atoms with van der Waals surface area (Å²) in [6.07, 6.45) is 3.90. The number of hydrogen-bond acceptors (Lipinski definition) is 2. The van der Waals surface area contributed by atoms with Gasteiger partial charge in [0, 0.05) is 18.6 Å². The first-order chi connectivity index (χ1) is 9.36. The molecule has 0 spiro atoms. The fraction of sp³-hybridized carbons (Fsp3) is 0.647. The van der Waals surface area contributed by atoms with Crippen molar-refractivity contribution in [3.63, 3.8) is 0 Å². The maximum absolute atomic E-state index is 5.83. The number of ether oxygens (including phenoxy) is 1. The summed E-state index contributed by atoms with van der Waals surface area (Å²) < 4.78 is 5.83. The summed E-state index contributed by atoms with van der Waals surface area (Å²) in [5.41, 5.74) is 1.91. The molecule has 1 saturated carbocycles. The third kappa shape index (κ3) is 2.70. The third-order valence-corrected chi connectivity index (χ3v) is 4.88. The number of benzene rings is 1. The maximum atomic E-state index is 5.83. The minimum absolute atomic E-state index is 0.384. The molecule has 1 saturated heterocycles. The third-order valence-electron chi connectivity index (χ3n) is 4.88. The molecule has 1 aromatic carbocycles. The molecule has 0 aromatic heterocycles. The summed E-state index contributed by atoms with van der Waals surface area (Å²) in [4.78, 5) is 0. The van der Waals surface area contributed by atoms with Crippen molar-refractivity contribution in [2.45, 2.75) is 32.1 Å². The average molecular weight is 259 g/mol. The summed E-state index contributed by atoms with van der Waals surface area (Å²) in [5, 5.41) is 3.57. The Morgan fingerprint density at radius 2 is 2.16 bits per heavy atom. The van der Waals surface area contributed by atoms with E-state index in [1.165, 1.54) is 24.8 Å². The van der Waals surface area contributed by atoms with E-state index in [1.807, 2.05) is 0 Å². The van der Waals surface area contributed by atoms with Crippen LogP contribution in [0.2, 0.25) is 0 Å². The van der Waals surface area contributed by atoms with E-state index < -0.39 is 0 Å². The van der Waals surface area contributed by atoms with Crippen LogP contribution in [0.4, 0.5) is 0 Å². The highest BCUT2D eigenvalue weighted by atomic mass is 16.5. The number of nitrogens with one attached hydrogen (secondary N) is 1. The van der Waals surface area contributed by atoms with Crippen LogP contribution in [0.25, 0.3) is 0 Å². The monoisotopic (exact) mass is 259 g/mol. The Morgan fingerprint density at radius 3 is 2.84 bits per heavy atom. The maximum Gasteiger partial charge on any atom is 0.0537 e. The fourth-order valence-corrected chi connectivity index (χ4v) is 3.75. The number of rotatable bonds is 5. The van der Waals surface area contributed by atoms with Crippen LogP contribution < -0.4 is 5.32 Å². The molecule has 1 N–H and O–H groups in total. The SMILES string of the molecule is CCNCC1(C2CC2c2ccccc2)CCCOC1. The molecule has 1 aromatic rings. The van der Waals surface area contributed by atoms with E-state index in [9.17, 15) is 0 Å². The predicted octanol–water partition coefficient (Wildman–Crippen LogP) is 3.20. The predicted molar refractivity (Wildman–Crippen MR) is 78.3 cm³/mol. The lowest BCUT2D eigenvalue weighted by Gasteiger charge is -2.38. The van der Waals surface area contributed by atoms with E-state index in [0.29, 0.717) is 5.41 Å². The van der Waals surface area contributed by atoms with Crippen LogP contribution in [0.5, 0.6) is 0 Å². The van der Waals surface area contributed by atoms with E-state index in [2.05, 4.69) is 42.6 Å². The summed E-state index contributed by atoms with van der Waals surface area (Å²) in [5.74, 6) is 1.58. The first-order valence-corrected chi connectivity index (χ1v) is 7.69. The summed E-state index contributed by atoms with van der Waals surface area (Å²) in [6, 6.07) is 11.0. The topological polar surface area (TPSA) is 21.3 Å². The largest absolute Gasteiger partial charge is 0.381 e. The van der Waals surface area contributed by atoms with Crippen molar-refractivity contribution in [1.82, 2.24) is 5.32 Å². The van der Waals surface area contributed by atoms with Gasteiger partial charge in [-0.05, 0) is 43.2 Å². The molecule has 0 amide bonds. The Bertz CT molecular complexity index is 397. The Morgan fingerprint density at radius 1 is 1.32 bits per heavy atom. The normalized spacial score (nSPS) is 34.2. The standard InChI is InChI=1S/C17H25NO/c1-2-18-12-17(9-6-10-19-13-17)16-11-15(16)14-7-4-3-5-8-14/h3-5,7-8,15-16,18H,2,6,9-13H2,1H3. The Hall–Kier alpha value is -0.860. The zero-order valence-electron chi connectivity index (χ0n) is 11.9. The molecule has 1 aliphatic heterocycles. The minimum atomic E-state index is 0.384. The molecule has 3 rings (SSSR count). The molecule has 0 radical (unpaired) electrons. The van der Waals surface area contributed by atoms with Gasteiger partial charge in [0.05, 0.1) is 6.61 Å². The van der Waals surface area contributed by atoms with Crippen LogP contribution in [0.3, 0.4) is 0 Å². The highest BCUT2D eigenvalue weighted by Gasteiger charge is 2.53. The lowest BCUT2D eigenvalue weighted by molar-refractivity contribution is -0.0209. The minimum Gasteiger partial charge on any atom is -0.381 e. The van der Waals surface area contributed by atoms with E-state index in [1.54, 1.807) is 0 Å². The molecule has 2 nitrogen and oxygen atoms in total. The molecule has 3 atom stereocenters. The molecule has 1 heterocycles. The molecule has 19 heavy (non-hydrogen) atoms. The fourth-order valence-electron chi connectivity index (χ4n) is 3.75. The van der Waals surface area contributed by atoms with Gasteiger partial charge in [0.1, 0.15) is 0 Å². The van der Waals surface area contributed by atoms with Gasteiger partial charge >= 0.3 is 0 Å². The van der Waals surface area contributed by atoms with Crippen molar-refractivity contribution in [3.05, 3.63) is 35.9 Å². The van der Waals surface area contributed by atoms with Gasteiger partial charge in [0.25, 0.3) is 0 Å². The highest BCUT2D eigenvalue weighted by Crippen LogP contribution is 2.59. The highest BCUT2D eigenvalue weighted by molar-refractivity contribution is 5.27. The van der Waals surface area contributed by atoms with Crippen molar-refractivity contribution >= 4 is 0 Å². The lowest BCUT2D eigenvalue weighted by Crippen LogP contribution is -2.43. The first kappa shape index (κ1) is 13.1. The molecular formula is C17H25NO. The van der Waals surface area contributed by atoms with Gasteiger partial charge in [0.2, 0.25) is 0 Å². The second-order valence-electron chi connectivity index (χ2n) is 6.16. The molecule has 3 unspecified atom stereocenters. The average Bonchev–Trinajstić information content (AvgIpc) is 3.28. The summed E-state index contributed by atoms with van der Waals surface area (Å²) >= 11 is 0. The van der Waals surface area contributed by atoms with Crippen molar-refractivity contribution in [2.75, 3.05) is 26.3 Å². The van der Waals surface area contributed by atoms with Gasteiger partial charge in [-0.2, -0.15) is 0 Å². The van der Waals surface area contributed by atoms with Crippen molar-refractivity contribution in [1.29, 1.82) is 0 Å². The molecule has 2 fully saturated rings. The zero-order chi connectivity index (χ0) is 13.1. The Kier molecular flexibility index (Phi) is 3.90. The van der Waals surface area contributed by atoms with E-state index in [-0.39, 0.29) is 0 Å². The first-order valence-electron chi connectivity index (χ1n) is 7.69. The van der Waals surface area contributed by atoms with Crippen molar-refractivity contribution in [2.24, 2.45) is 11.3 Å². The van der Waals surface area contributed by atoms with Crippen molar-refractivity contribution in [3.8, 4) is 0 Å². The Labute approximate surface area is 116 Å². The van der Waals surface area contributed by atoms with Gasteiger partial charge in [0.15, 0.2) is 0 Å². The molecule has 0 bridgehead atoms. The number of hydrogen-bond donors (Lipinski definition) is 1. The van der Waals surface area contributed by atoms with Gasteiger partial charge in [-0.3, -0.25) is 0 Å². The van der Waals surface area contributed by atoms with E-state index in [4.69, 9.17) is 4.74 Å². The molecule has 2 heteroatoms. The van der Waals surface area contributed by atoms with Crippen LogP contribution in [-0.2, 0) is 4.74 Å². The van der Waals surface area contributed by atoms with Crippen LogP contribution in [0.1, 0.15) is 37.7 Å². The van der Waals surface area contributed by atoms with E-state index >= 15 is 0 Å². The second kappa shape index (κ2) is 5.64. The molecule has 104 valence electrons. The summed E-state index contributed by atoms with van der Waals surface area (Å²) in [7, 11) is 0. The molecule has 1 aliphatic carbocycles. The van der Waals surface area contributed by atoms with Crippen LogP contribution in [0, 0.1) is 11.3 Å². The molecule has 2 aliphatic rings. The molecular weight excluding hydrogens is 234 g/mol. The second-order valence-corrected chi connectivity index (χ2v) is 6.16. The van der Waals surface area contributed by atoms with Gasteiger partial charge in [-0.1, -0.05) is 37.3 Å². The van der Waals surface area contributed by atoms with Gasteiger partial charge in [-0.15, -0.1) is 0 Å². The lowest BCUT2D eigenvalue weighted by atomic mass is 9.76. The van der Waals surface area contributed by atoms with Gasteiger partial charge in [-0.25, -0.2) is 0 Å². The van der Waals surface area contributed by atoms with Gasteiger partial charge < -0.3 is 10.1 Å². The van der Waals surface area contributed by atoms with Crippen LogP contribution >= 0.6 is 0 Å². The van der Waals surface area contributed by atoms with E-state index in [0.717, 1.165) is 38.1 Å². The quantitative estimate of drug-likeness (QED) is 0.877. The summed E-state index contributed by atoms with van der Waals surface area (Å²) in [6.45, 7) is 6.28. The smallest absolute Gasteiger partial charge is 0.0537 e. The Balaban J connectivity index is 1.71.